The maximum absolute atomic E-state index is 12.2. The van der Waals surface area contributed by atoms with E-state index in [0.717, 1.165) is 5.56 Å². The van der Waals surface area contributed by atoms with E-state index >= 15 is 0 Å². The number of nitrogens with zero attached hydrogens (tertiary/aromatic N) is 2. The number of rotatable bonds is 5. The van der Waals surface area contributed by atoms with Crippen molar-refractivity contribution in [3.8, 4) is 11.4 Å². The number of imidazole rings is 1. The van der Waals surface area contributed by atoms with E-state index in [-0.39, 0.29) is 18.8 Å². The first-order valence-corrected chi connectivity index (χ1v) is 6.95. The molecule has 0 bridgehead atoms. The van der Waals surface area contributed by atoms with Crippen molar-refractivity contribution in [2.45, 2.75) is 20.4 Å². The minimum atomic E-state index is -0.501. The van der Waals surface area contributed by atoms with Crippen molar-refractivity contribution < 1.29 is 19.1 Å². The summed E-state index contributed by atoms with van der Waals surface area (Å²) in [6.45, 7) is 3.59. The summed E-state index contributed by atoms with van der Waals surface area (Å²) in [5.74, 6) is -0.426. The van der Waals surface area contributed by atoms with Crippen LogP contribution in [-0.4, -0.2) is 35.2 Å². The van der Waals surface area contributed by atoms with Gasteiger partial charge in [-0.3, -0.25) is 4.79 Å². The van der Waals surface area contributed by atoms with Crippen LogP contribution in [0.5, 0.6) is 0 Å². The molecular formula is C16H18N2O4. The molecule has 0 saturated carbocycles. The van der Waals surface area contributed by atoms with Crippen molar-refractivity contribution in [1.29, 1.82) is 0 Å². The van der Waals surface area contributed by atoms with Gasteiger partial charge >= 0.3 is 11.9 Å². The summed E-state index contributed by atoms with van der Waals surface area (Å²) in [6, 6.07) is 9.35. The number of aromatic nitrogens is 2. The highest BCUT2D eigenvalue weighted by molar-refractivity contribution is 5.90. The summed E-state index contributed by atoms with van der Waals surface area (Å²) in [5, 5.41) is 0. The standard InChI is InChI=1S/C16H18N2O4/c1-4-22-16(20)14-11(2)17-15(12-8-6-5-7-9-12)18(14)10-13(19)21-3/h5-9H,4,10H2,1-3H3. The third-order valence-electron chi connectivity index (χ3n) is 3.16. The van der Waals surface area contributed by atoms with E-state index in [9.17, 15) is 9.59 Å². The number of esters is 2. The Morgan fingerprint density at radius 2 is 1.91 bits per heavy atom. The van der Waals surface area contributed by atoms with Gasteiger partial charge in [-0.25, -0.2) is 9.78 Å². The fraction of sp³-hybridized carbons (Fsp3) is 0.312. The van der Waals surface area contributed by atoms with Gasteiger partial charge in [-0.1, -0.05) is 30.3 Å². The van der Waals surface area contributed by atoms with E-state index in [0.29, 0.717) is 11.5 Å². The monoisotopic (exact) mass is 302 g/mol. The van der Waals surface area contributed by atoms with E-state index in [1.54, 1.807) is 13.8 Å². The van der Waals surface area contributed by atoms with Gasteiger partial charge in [-0.2, -0.15) is 0 Å². The highest BCUT2D eigenvalue weighted by Gasteiger charge is 2.24. The molecule has 116 valence electrons. The van der Waals surface area contributed by atoms with Crippen LogP contribution in [0.25, 0.3) is 11.4 Å². The van der Waals surface area contributed by atoms with Gasteiger partial charge in [0.25, 0.3) is 0 Å². The number of hydrogen-bond acceptors (Lipinski definition) is 5. The van der Waals surface area contributed by atoms with Crippen molar-refractivity contribution in [2.75, 3.05) is 13.7 Å². The second-order valence-corrected chi connectivity index (χ2v) is 4.62. The van der Waals surface area contributed by atoms with Crippen LogP contribution in [0.1, 0.15) is 23.1 Å². The Kier molecular flexibility index (Phi) is 4.93. The SMILES string of the molecule is CCOC(=O)c1c(C)nc(-c2ccccc2)n1CC(=O)OC. The zero-order valence-corrected chi connectivity index (χ0v) is 12.8. The predicted octanol–water partition coefficient (Wildman–Crippen LogP) is 2.21. The van der Waals surface area contributed by atoms with Crippen molar-refractivity contribution in [2.24, 2.45) is 0 Å². The van der Waals surface area contributed by atoms with Crippen LogP contribution in [0, 0.1) is 6.92 Å². The molecule has 6 nitrogen and oxygen atoms in total. The second kappa shape index (κ2) is 6.89. The molecule has 0 atom stereocenters. The molecule has 22 heavy (non-hydrogen) atoms. The molecule has 1 heterocycles. The lowest BCUT2D eigenvalue weighted by Gasteiger charge is -2.10. The Bertz CT molecular complexity index is 677. The maximum atomic E-state index is 12.2. The van der Waals surface area contributed by atoms with E-state index in [4.69, 9.17) is 9.47 Å². The predicted molar refractivity (Wildman–Crippen MR) is 80.4 cm³/mol. The fourth-order valence-electron chi connectivity index (χ4n) is 2.19. The Balaban J connectivity index is 2.56. The molecule has 0 radical (unpaired) electrons. The highest BCUT2D eigenvalue weighted by Crippen LogP contribution is 2.23. The Morgan fingerprint density at radius 1 is 1.23 bits per heavy atom. The summed E-state index contributed by atoms with van der Waals surface area (Å²) in [6.07, 6.45) is 0. The van der Waals surface area contributed by atoms with Gasteiger partial charge in [0.2, 0.25) is 0 Å². The van der Waals surface area contributed by atoms with Gasteiger partial charge in [0.05, 0.1) is 19.4 Å². The maximum Gasteiger partial charge on any atom is 0.356 e. The summed E-state index contributed by atoms with van der Waals surface area (Å²) >= 11 is 0. The molecule has 2 rings (SSSR count). The van der Waals surface area contributed by atoms with Crippen molar-refractivity contribution in [3.63, 3.8) is 0 Å². The lowest BCUT2D eigenvalue weighted by atomic mass is 10.2. The lowest BCUT2D eigenvalue weighted by Crippen LogP contribution is -2.19. The molecule has 0 unspecified atom stereocenters. The van der Waals surface area contributed by atoms with Crippen molar-refractivity contribution in [1.82, 2.24) is 9.55 Å². The molecule has 0 fully saturated rings. The minimum absolute atomic E-state index is 0.101. The first kappa shape index (κ1) is 15.8. The van der Waals surface area contributed by atoms with Gasteiger partial charge < -0.3 is 14.0 Å². The molecule has 2 aromatic rings. The van der Waals surface area contributed by atoms with Gasteiger partial charge in [-0.15, -0.1) is 0 Å². The highest BCUT2D eigenvalue weighted by atomic mass is 16.5. The van der Waals surface area contributed by atoms with E-state index in [2.05, 4.69) is 4.98 Å². The molecule has 0 amide bonds. The quantitative estimate of drug-likeness (QED) is 0.792. The first-order valence-electron chi connectivity index (χ1n) is 6.95. The van der Waals surface area contributed by atoms with Gasteiger partial charge in [0.1, 0.15) is 12.4 Å². The summed E-state index contributed by atoms with van der Waals surface area (Å²) < 4.78 is 11.3. The molecule has 0 spiro atoms. The van der Waals surface area contributed by atoms with Crippen LogP contribution in [0.15, 0.2) is 30.3 Å². The smallest absolute Gasteiger partial charge is 0.356 e. The Labute approximate surface area is 128 Å². The molecule has 0 aliphatic carbocycles. The number of carbonyl (C=O) groups excluding carboxylic acids is 2. The van der Waals surface area contributed by atoms with Crippen LogP contribution in [0.4, 0.5) is 0 Å². The summed E-state index contributed by atoms with van der Waals surface area (Å²) in [4.78, 5) is 28.3. The zero-order valence-electron chi connectivity index (χ0n) is 12.8. The molecular weight excluding hydrogens is 284 g/mol. The topological polar surface area (TPSA) is 70.4 Å². The molecule has 0 N–H and O–H groups in total. The van der Waals surface area contributed by atoms with Crippen molar-refractivity contribution >= 4 is 11.9 Å². The number of methoxy groups -OCH3 is 1. The number of benzene rings is 1. The lowest BCUT2D eigenvalue weighted by molar-refractivity contribution is -0.141. The average molecular weight is 302 g/mol. The van der Waals surface area contributed by atoms with Crippen LogP contribution in [-0.2, 0) is 20.8 Å². The Hall–Kier alpha value is -2.63. The third-order valence-corrected chi connectivity index (χ3v) is 3.16. The molecule has 0 aliphatic rings. The number of ether oxygens (including phenoxy) is 2. The minimum Gasteiger partial charge on any atom is -0.468 e. The molecule has 6 heteroatoms. The normalized spacial score (nSPS) is 10.3. The second-order valence-electron chi connectivity index (χ2n) is 4.62. The van der Waals surface area contributed by atoms with Crippen molar-refractivity contribution in [3.05, 3.63) is 41.7 Å². The van der Waals surface area contributed by atoms with Crippen LogP contribution < -0.4 is 0 Å². The van der Waals surface area contributed by atoms with E-state index in [1.165, 1.54) is 11.7 Å². The fourth-order valence-corrected chi connectivity index (χ4v) is 2.19. The van der Waals surface area contributed by atoms with Crippen LogP contribution >= 0.6 is 0 Å². The van der Waals surface area contributed by atoms with Gasteiger partial charge in [0, 0.05) is 5.56 Å². The average Bonchev–Trinajstić information content (AvgIpc) is 2.84. The zero-order chi connectivity index (χ0) is 16.1. The summed E-state index contributed by atoms with van der Waals surface area (Å²) in [5.41, 5.74) is 1.59. The first-order chi connectivity index (χ1) is 10.6. The number of aryl methyl sites for hydroxylation is 1. The van der Waals surface area contributed by atoms with Crippen LogP contribution in [0.2, 0.25) is 0 Å². The van der Waals surface area contributed by atoms with E-state index < -0.39 is 11.9 Å². The molecule has 0 aliphatic heterocycles. The Morgan fingerprint density at radius 3 is 2.50 bits per heavy atom. The molecule has 1 aromatic heterocycles. The van der Waals surface area contributed by atoms with Gasteiger partial charge in [-0.05, 0) is 13.8 Å². The number of carbonyl (C=O) groups is 2. The number of hydrogen-bond donors (Lipinski definition) is 0. The largest absolute Gasteiger partial charge is 0.468 e. The molecule has 1 aromatic carbocycles. The third kappa shape index (κ3) is 3.16. The molecule has 0 saturated heterocycles. The summed E-state index contributed by atoms with van der Waals surface area (Å²) in [7, 11) is 1.30. The van der Waals surface area contributed by atoms with Crippen LogP contribution in [0.3, 0.4) is 0 Å². The van der Waals surface area contributed by atoms with Gasteiger partial charge in [0.15, 0.2) is 5.69 Å². The van der Waals surface area contributed by atoms with E-state index in [1.807, 2.05) is 30.3 Å².